The fourth-order valence-corrected chi connectivity index (χ4v) is 4.20. The van der Waals surface area contributed by atoms with Gasteiger partial charge in [0.05, 0.1) is 12.0 Å². The van der Waals surface area contributed by atoms with E-state index in [4.69, 9.17) is 11.6 Å². The first kappa shape index (κ1) is 21.2. The normalized spacial score (nSPS) is 18.1. The van der Waals surface area contributed by atoms with Crippen molar-refractivity contribution in [3.8, 4) is 0 Å². The molecule has 1 heterocycles. The Morgan fingerprint density at radius 1 is 1.11 bits per heavy atom. The predicted octanol–water partition coefficient (Wildman–Crippen LogP) is 3.94. The second-order valence-electron chi connectivity index (χ2n) is 9.11. The molecule has 0 radical (unpaired) electrons. The van der Waals surface area contributed by atoms with Gasteiger partial charge in [0, 0.05) is 36.9 Å². The van der Waals surface area contributed by atoms with Gasteiger partial charge >= 0.3 is 0 Å². The molecule has 28 heavy (non-hydrogen) atoms. The Morgan fingerprint density at radius 2 is 1.75 bits per heavy atom. The largest absolute Gasteiger partial charge is 0.353 e. The third kappa shape index (κ3) is 4.91. The van der Waals surface area contributed by atoms with Gasteiger partial charge in [-0.15, -0.1) is 11.6 Å². The summed E-state index contributed by atoms with van der Waals surface area (Å²) in [7, 11) is 2.01. The van der Waals surface area contributed by atoms with E-state index in [-0.39, 0.29) is 30.3 Å². The van der Waals surface area contributed by atoms with Gasteiger partial charge in [0.25, 0.3) is 0 Å². The van der Waals surface area contributed by atoms with Crippen LogP contribution in [0.3, 0.4) is 0 Å². The molecule has 1 aromatic rings. The van der Waals surface area contributed by atoms with Gasteiger partial charge in [-0.05, 0) is 51.7 Å². The molecule has 2 fully saturated rings. The highest BCUT2D eigenvalue weighted by molar-refractivity contribution is 6.19. The van der Waals surface area contributed by atoms with Crippen LogP contribution in [-0.2, 0) is 23.2 Å². The highest BCUT2D eigenvalue weighted by Gasteiger charge is 2.39. The van der Waals surface area contributed by atoms with E-state index in [1.54, 1.807) is 0 Å². The molecule has 156 valence electrons. The molecule has 2 amide bonds. The number of alkyl halides is 1. The molecule has 0 N–H and O–H groups in total. The average Bonchev–Trinajstić information content (AvgIpc) is 3.46. The Labute approximate surface area is 174 Å². The maximum atomic E-state index is 13.3. The quantitative estimate of drug-likeness (QED) is 0.612. The lowest BCUT2D eigenvalue weighted by Crippen LogP contribution is -2.52. The van der Waals surface area contributed by atoms with Crippen molar-refractivity contribution in [1.82, 2.24) is 14.4 Å². The van der Waals surface area contributed by atoms with E-state index in [1.165, 1.54) is 6.42 Å². The number of halogens is 1. The van der Waals surface area contributed by atoms with Gasteiger partial charge in [0.1, 0.15) is 6.54 Å². The van der Waals surface area contributed by atoms with Crippen LogP contribution in [0.25, 0.3) is 0 Å². The lowest BCUT2D eigenvalue weighted by atomic mass is 9.89. The van der Waals surface area contributed by atoms with Crippen LogP contribution in [0.5, 0.6) is 0 Å². The maximum absolute atomic E-state index is 13.3. The highest BCUT2D eigenvalue weighted by Crippen LogP contribution is 2.31. The minimum absolute atomic E-state index is 0.0114. The van der Waals surface area contributed by atoms with Crippen LogP contribution in [0, 0.1) is 5.41 Å². The number of aromatic nitrogens is 1. The van der Waals surface area contributed by atoms with Crippen molar-refractivity contribution in [2.45, 2.75) is 77.4 Å². The van der Waals surface area contributed by atoms with Crippen molar-refractivity contribution in [2.75, 3.05) is 12.4 Å². The molecular weight excluding hydrogens is 374 g/mol. The highest BCUT2D eigenvalue weighted by atomic mass is 35.5. The maximum Gasteiger partial charge on any atom is 0.242 e. The number of aryl methyl sites for hydroxylation is 1. The molecule has 3 rings (SSSR count). The topological polar surface area (TPSA) is 45.6 Å². The summed E-state index contributed by atoms with van der Waals surface area (Å²) in [4.78, 5) is 30.4. The number of nitrogens with zero attached hydrogens (tertiary/aromatic N) is 3. The van der Waals surface area contributed by atoms with Crippen LogP contribution in [0.15, 0.2) is 18.3 Å². The molecule has 0 unspecified atom stereocenters. The third-order valence-corrected chi connectivity index (χ3v) is 6.85. The third-order valence-electron chi connectivity index (χ3n) is 6.19. The molecule has 1 aromatic heterocycles. The van der Waals surface area contributed by atoms with Crippen molar-refractivity contribution < 1.29 is 9.59 Å². The minimum atomic E-state index is -0.651. The van der Waals surface area contributed by atoms with Gasteiger partial charge in [-0.1, -0.05) is 19.3 Å². The first-order chi connectivity index (χ1) is 13.3. The van der Waals surface area contributed by atoms with Crippen molar-refractivity contribution in [2.24, 2.45) is 12.5 Å². The molecule has 2 aliphatic carbocycles. The van der Waals surface area contributed by atoms with E-state index in [0.29, 0.717) is 12.6 Å². The Bertz CT molecular complexity index is 690. The molecule has 0 spiro atoms. The van der Waals surface area contributed by atoms with Gasteiger partial charge in [-0.25, -0.2) is 0 Å². The summed E-state index contributed by atoms with van der Waals surface area (Å²) in [6.07, 6.45) is 9.55. The van der Waals surface area contributed by atoms with Gasteiger partial charge in [0.15, 0.2) is 0 Å². The summed E-state index contributed by atoms with van der Waals surface area (Å²) >= 11 is 6.10. The van der Waals surface area contributed by atoms with Crippen LogP contribution in [-0.4, -0.2) is 50.7 Å². The predicted molar refractivity (Wildman–Crippen MR) is 112 cm³/mol. The summed E-state index contributed by atoms with van der Waals surface area (Å²) in [6, 6.07) is 4.53. The first-order valence-electron chi connectivity index (χ1n) is 10.6. The van der Waals surface area contributed by atoms with Gasteiger partial charge in [-0.3, -0.25) is 9.59 Å². The van der Waals surface area contributed by atoms with E-state index in [0.717, 1.165) is 44.2 Å². The Balaban J connectivity index is 1.76. The van der Waals surface area contributed by atoms with Gasteiger partial charge < -0.3 is 14.4 Å². The average molecular weight is 408 g/mol. The second kappa shape index (κ2) is 8.89. The molecular formula is C22H34ClN3O2. The van der Waals surface area contributed by atoms with Crippen molar-refractivity contribution in [1.29, 1.82) is 0 Å². The summed E-state index contributed by atoms with van der Waals surface area (Å²) in [6.45, 7) is 4.54. The number of carbonyl (C=O) groups is 2. The van der Waals surface area contributed by atoms with Gasteiger partial charge in [0.2, 0.25) is 11.8 Å². The Kier molecular flexibility index (Phi) is 6.74. The summed E-state index contributed by atoms with van der Waals surface area (Å²) in [5, 5.41) is 0. The number of amides is 2. The molecule has 0 aromatic carbocycles. The van der Waals surface area contributed by atoms with Gasteiger partial charge in [-0.2, -0.15) is 0 Å². The molecule has 6 heteroatoms. The smallest absolute Gasteiger partial charge is 0.242 e. The zero-order valence-electron chi connectivity index (χ0n) is 17.5. The van der Waals surface area contributed by atoms with E-state index in [1.807, 2.05) is 43.0 Å². The van der Waals surface area contributed by atoms with E-state index in [2.05, 4.69) is 10.6 Å². The van der Waals surface area contributed by atoms with Crippen molar-refractivity contribution in [3.63, 3.8) is 0 Å². The van der Waals surface area contributed by atoms with E-state index >= 15 is 0 Å². The van der Waals surface area contributed by atoms with Crippen LogP contribution in [0.1, 0.15) is 64.5 Å². The van der Waals surface area contributed by atoms with E-state index in [9.17, 15) is 9.59 Å². The summed E-state index contributed by atoms with van der Waals surface area (Å²) in [5.41, 5.74) is 0.471. The molecule has 2 saturated carbocycles. The Hall–Kier alpha value is -1.49. The SMILES string of the molecule is Cn1cccc1CN(C(=O)CN(C(=O)C(C)(C)CCl)C1CCCCC1)C1CC1. The summed E-state index contributed by atoms with van der Waals surface area (Å²) in [5.74, 6) is 0.337. The molecule has 0 atom stereocenters. The number of hydrogen-bond acceptors (Lipinski definition) is 2. The van der Waals surface area contributed by atoms with Crippen LogP contribution in [0.4, 0.5) is 0 Å². The van der Waals surface area contributed by atoms with Crippen molar-refractivity contribution in [3.05, 3.63) is 24.0 Å². The van der Waals surface area contributed by atoms with E-state index < -0.39 is 5.41 Å². The fraction of sp³-hybridized carbons (Fsp3) is 0.727. The molecule has 2 aliphatic rings. The van der Waals surface area contributed by atoms with Crippen LogP contribution < -0.4 is 0 Å². The van der Waals surface area contributed by atoms with Crippen molar-refractivity contribution >= 4 is 23.4 Å². The Morgan fingerprint density at radius 3 is 2.29 bits per heavy atom. The minimum Gasteiger partial charge on any atom is -0.353 e. The fourth-order valence-electron chi connectivity index (χ4n) is 4.08. The zero-order chi connectivity index (χ0) is 20.3. The molecule has 0 saturated heterocycles. The number of hydrogen-bond donors (Lipinski definition) is 0. The first-order valence-corrected chi connectivity index (χ1v) is 11.1. The number of carbonyl (C=O) groups excluding carboxylic acids is 2. The number of rotatable bonds is 8. The van der Waals surface area contributed by atoms with Crippen LogP contribution >= 0.6 is 11.6 Å². The molecule has 5 nitrogen and oxygen atoms in total. The lowest BCUT2D eigenvalue weighted by Gasteiger charge is -2.39. The molecule has 0 bridgehead atoms. The molecule has 0 aliphatic heterocycles. The standard InChI is InChI=1S/C22H34ClN3O2/c1-22(2,16-23)21(28)26(17-8-5-4-6-9-17)15-20(27)25(18-11-12-18)14-19-10-7-13-24(19)3/h7,10,13,17-18H,4-6,8-9,11-12,14-16H2,1-3H3. The van der Waals surface area contributed by atoms with Crippen LogP contribution in [0.2, 0.25) is 0 Å². The summed E-state index contributed by atoms with van der Waals surface area (Å²) < 4.78 is 2.06. The second-order valence-corrected chi connectivity index (χ2v) is 9.37. The lowest BCUT2D eigenvalue weighted by molar-refractivity contribution is -0.149. The zero-order valence-corrected chi connectivity index (χ0v) is 18.2. The monoisotopic (exact) mass is 407 g/mol.